The second kappa shape index (κ2) is 6.02. The highest BCUT2D eigenvalue weighted by atomic mass is 19.2. The fourth-order valence-corrected chi connectivity index (χ4v) is 0.855. The fourth-order valence-electron chi connectivity index (χ4n) is 0.855. The molecule has 0 aliphatic carbocycles. The zero-order valence-electron chi connectivity index (χ0n) is 6.36. The zero-order valence-corrected chi connectivity index (χ0v) is 6.36. The second-order valence-electron chi connectivity index (χ2n) is 1.97. The number of piperidine rings is 1. The zero-order chi connectivity index (χ0) is 7.11. The predicted molar refractivity (Wildman–Crippen MR) is 37.9 cm³/mol. The summed E-state index contributed by atoms with van der Waals surface area (Å²) < 4.78 is 12.0. The fraction of sp³-hybridized carbons (Fsp3) is 1.00. The summed E-state index contributed by atoms with van der Waals surface area (Å²) in [7, 11) is 0. The van der Waals surface area contributed by atoms with Crippen LogP contribution in [0.2, 0.25) is 0 Å². The lowest BCUT2D eigenvalue weighted by atomic mass is 10.2. The molecule has 1 aliphatic heterocycles. The summed E-state index contributed by atoms with van der Waals surface area (Å²) >= 11 is 0. The Bertz CT molecular complexity index is 50.9. The monoisotopic (exact) mass is 133 g/mol. The third-order valence-corrected chi connectivity index (χ3v) is 1.30. The van der Waals surface area contributed by atoms with Crippen molar-refractivity contribution in [2.45, 2.75) is 33.1 Å². The predicted octanol–water partition coefficient (Wildman–Crippen LogP) is 2.38. The lowest BCUT2D eigenvalue weighted by Gasteiger charge is -2.15. The summed E-state index contributed by atoms with van der Waals surface area (Å²) in [6.07, 6.45) is 3.29. The van der Waals surface area contributed by atoms with Gasteiger partial charge in [0.05, 0.1) is 0 Å². The molecule has 9 heavy (non-hydrogen) atoms. The molecule has 0 aromatic carbocycles. The number of hydrogen-bond acceptors (Lipinski definition) is 1. The van der Waals surface area contributed by atoms with E-state index in [9.17, 15) is 4.48 Å². The Hall–Kier alpha value is -0.110. The Labute approximate surface area is 56.8 Å². The van der Waals surface area contributed by atoms with Crippen molar-refractivity contribution < 1.29 is 4.48 Å². The topological polar surface area (TPSA) is 3.24 Å². The van der Waals surface area contributed by atoms with Gasteiger partial charge in [-0.1, -0.05) is 20.3 Å². The van der Waals surface area contributed by atoms with Crippen molar-refractivity contribution in [3.05, 3.63) is 0 Å². The summed E-state index contributed by atoms with van der Waals surface area (Å²) in [6, 6.07) is 0. The molecular weight excluding hydrogens is 117 g/mol. The van der Waals surface area contributed by atoms with Crippen molar-refractivity contribution in [2.24, 2.45) is 0 Å². The van der Waals surface area contributed by atoms with E-state index in [0.717, 1.165) is 18.0 Å². The Morgan fingerprint density at radius 3 is 1.67 bits per heavy atom. The van der Waals surface area contributed by atoms with Crippen LogP contribution >= 0.6 is 0 Å². The molecule has 0 saturated carbocycles. The molecule has 1 saturated heterocycles. The van der Waals surface area contributed by atoms with Gasteiger partial charge < -0.3 is 0 Å². The first-order valence-electron chi connectivity index (χ1n) is 3.80. The minimum absolute atomic E-state index is 0.653. The van der Waals surface area contributed by atoms with E-state index in [4.69, 9.17) is 0 Å². The van der Waals surface area contributed by atoms with Crippen molar-refractivity contribution in [1.29, 1.82) is 0 Å². The van der Waals surface area contributed by atoms with Crippen LogP contribution < -0.4 is 0 Å². The maximum absolute atomic E-state index is 12.0. The normalized spacial score (nSPS) is 20.3. The quantitative estimate of drug-likeness (QED) is 0.458. The molecule has 0 aromatic heterocycles. The van der Waals surface area contributed by atoms with E-state index in [2.05, 4.69) is 0 Å². The highest BCUT2D eigenvalue weighted by molar-refractivity contribution is 4.54. The molecule has 0 amide bonds. The summed E-state index contributed by atoms with van der Waals surface area (Å²) in [5, 5.41) is 0.892. The molecule has 1 aliphatic rings. The van der Waals surface area contributed by atoms with Gasteiger partial charge in [0.25, 0.3) is 0 Å². The van der Waals surface area contributed by atoms with E-state index in [0.29, 0.717) is 13.1 Å². The maximum atomic E-state index is 12.0. The van der Waals surface area contributed by atoms with Crippen LogP contribution in [0.25, 0.3) is 0 Å². The van der Waals surface area contributed by atoms with Gasteiger partial charge in [0.2, 0.25) is 0 Å². The average Bonchev–Trinajstić information content (AvgIpc) is 1.94. The number of nitrogens with zero attached hydrogens (tertiary/aromatic N) is 1. The lowest BCUT2D eigenvalue weighted by molar-refractivity contribution is 0.00630. The minimum Gasteiger partial charge on any atom is -0.146 e. The maximum Gasteiger partial charge on any atom is 0.0290 e. The number of hydrogen-bond donors (Lipinski definition) is 0. The van der Waals surface area contributed by atoms with Crippen molar-refractivity contribution in [3.8, 4) is 0 Å². The van der Waals surface area contributed by atoms with Crippen LogP contribution in [0.3, 0.4) is 0 Å². The van der Waals surface area contributed by atoms with E-state index in [1.165, 1.54) is 6.42 Å². The lowest BCUT2D eigenvalue weighted by Crippen LogP contribution is -2.20. The first kappa shape index (κ1) is 8.89. The summed E-state index contributed by atoms with van der Waals surface area (Å²) in [4.78, 5) is 0. The van der Waals surface area contributed by atoms with Gasteiger partial charge in [-0.05, 0) is 12.8 Å². The van der Waals surface area contributed by atoms with Gasteiger partial charge in [0, 0.05) is 13.1 Å². The van der Waals surface area contributed by atoms with Gasteiger partial charge in [0.1, 0.15) is 0 Å². The molecule has 0 bridgehead atoms. The molecule has 1 heterocycles. The molecule has 0 spiro atoms. The summed E-state index contributed by atoms with van der Waals surface area (Å²) in [5.74, 6) is 0. The van der Waals surface area contributed by atoms with Crippen LogP contribution in [-0.2, 0) is 0 Å². The molecular formula is C7H16FN. The van der Waals surface area contributed by atoms with Crippen molar-refractivity contribution >= 4 is 0 Å². The number of halogens is 1. The summed E-state index contributed by atoms with van der Waals surface area (Å²) in [5.41, 5.74) is 0. The molecule has 0 aromatic rings. The van der Waals surface area contributed by atoms with Crippen molar-refractivity contribution in [1.82, 2.24) is 5.12 Å². The SMILES string of the molecule is CC.FN1CCCCC1. The molecule has 1 fully saturated rings. The number of rotatable bonds is 0. The first-order chi connectivity index (χ1) is 4.39. The van der Waals surface area contributed by atoms with Gasteiger partial charge in [-0.3, -0.25) is 0 Å². The van der Waals surface area contributed by atoms with Crippen LogP contribution in [0.4, 0.5) is 4.48 Å². The molecule has 1 rings (SSSR count). The molecule has 0 N–H and O–H groups in total. The van der Waals surface area contributed by atoms with E-state index in [-0.39, 0.29) is 0 Å². The van der Waals surface area contributed by atoms with E-state index < -0.39 is 0 Å². The third-order valence-electron chi connectivity index (χ3n) is 1.30. The first-order valence-corrected chi connectivity index (χ1v) is 3.80. The standard InChI is InChI=1S/C5H10FN.C2H6/c6-7-4-2-1-3-5-7;1-2/h1-5H2;1-2H3. The molecule has 2 heteroatoms. The molecule has 0 unspecified atom stereocenters. The highest BCUT2D eigenvalue weighted by Crippen LogP contribution is 2.07. The average molecular weight is 133 g/mol. The van der Waals surface area contributed by atoms with Crippen LogP contribution in [-0.4, -0.2) is 18.2 Å². The Balaban J connectivity index is 0.000000291. The van der Waals surface area contributed by atoms with E-state index in [1.807, 2.05) is 13.8 Å². The minimum atomic E-state index is 0.653. The van der Waals surface area contributed by atoms with Crippen LogP contribution in [0, 0.1) is 0 Å². The van der Waals surface area contributed by atoms with Crippen LogP contribution in [0.15, 0.2) is 0 Å². The Morgan fingerprint density at radius 2 is 1.44 bits per heavy atom. The molecule has 56 valence electrons. The Kier molecular flexibility index (Phi) is 5.94. The van der Waals surface area contributed by atoms with Gasteiger partial charge >= 0.3 is 0 Å². The van der Waals surface area contributed by atoms with Gasteiger partial charge in [-0.25, -0.2) is 0 Å². The molecule has 0 radical (unpaired) electrons. The second-order valence-corrected chi connectivity index (χ2v) is 1.97. The third kappa shape index (κ3) is 4.40. The van der Waals surface area contributed by atoms with E-state index in [1.54, 1.807) is 0 Å². The molecule has 1 nitrogen and oxygen atoms in total. The largest absolute Gasteiger partial charge is 0.146 e. The van der Waals surface area contributed by atoms with Crippen molar-refractivity contribution in [2.75, 3.05) is 13.1 Å². The van der Waals surface area contributed by atoms with Gasteiger partial charge in [-0.15, -0.1) is 9.60 Å². The van der Waals surface area contributed by atoms with Gasteiger partial charge in [-0.2, -0.15) is 0 Å². The smallest absolute Gasteiger partial charge is 0.0290 e. The molecule has 0 atom stereocenters. The highest BCUT2D eigenvalue weighted by Gasteiger charge is 2.06. The van der Waals surface area contributed by atoms with Crippen molar-refractivity contribution in [3.63, 3.8) is 0 Å². The van der Waals surface area contributed by atoms with E-state index >= 15 is 0 Å². The Morgan fingerprint density at radius 1 is 1.00 bits per heavy atom. The summed E-state index contributed by atoms with van der Waals surface area (Å²) in [6.45, 7) is 5.31. The van der Waals surface area contributed by atoms with Crippen LogP contribution in [0.1, 0.15) is 33.1 Å². The van der Waals surface area contributed by atoms with Crippen LogP contribution in [0.5, 0.6) is 0 Å². The van der Waals surface area contributed by atoms with Gasteiger partial charge in [0.15, 0.2) is 0 Å².